The lowest BCUT2D eigenvalue weighted by atomic mass is 9.94. The number of carbonyl (C=O) groups excluding carboxylic acids is 1. The van der Waals surface area contributed by atoms with E-state index in [9.17, 15) is 178 Å². The first-order valence-electron chi connectivity index (χ1n) is 39.7. The molecule has 0 radical (unpaired) electrons. The van der Waals surface area contributed by atoms with E-state index in [0.717, 1.165) is 6.92 Å². The van der Waals surface area contributed by atoms with Crippen LogP contribution in [0.1, 0.15) is 6.92 Å². The number of amides is 1. The Balaban J connectivity index is 0.907. The molecule has 1 amide bonds. The molecule has 55 atom stereocenters. The Kier molecular flexibility index (Phi) is 36.7. The molecule has 0 aromatic rings. The number of carbonyl (C=O) groups is 1. The largest absolute Gasteiger partial charge is 0.394 e. The maximum absolute atomic E-state index is 12.6. The molecule has 11 fully saturated rings. The van der Waals surface area contributed by atoms with Gasteiger partial charge in [0.1, 0.15) is 269 Å². The van der Waals surface area contributed by atoms with Crippen LogP contribution in [0, 0.1) is 0 Å². The van der Waals surface area contributed by atoms with Gasteiger partial charge in [-0.3, -0.25) is 4.79 Å². The molecule has 0 aliphatic carbocycles. The Labute approximate surface area is 704 Å². The number of hydrogen-bond donors (Lipinski definition) is 35. The number of hydrogen-bond acceptors (Lipinski definition) is 56. The number of ether oxygens (including phenoxy) is 21. The van der Waals surface area contributed by atoms with Crippen LogP contribution < -0.4 is 5.32 Å². The molecule has 0 aromatic carbocycles. The van der Waals surface area contributed by atoms with Crippen LogP contribution in [0.25, 0.3) is 0 Å². The van der Waals surface area contributed by atoms with Crippen LogP contribution in [0.3, 0.4) is 0 Å². The van der Waals surface area contributed by atoms with Crippen molar-refractivity contribution in [3.05, 3.63) is 0 Å². The van der Waals surface area contributed by atoms with Crippen LogP contribution in [-0.4, -0.2) is 590 Å². The van der Waals surface area contributed by atoms with E-state index in [2.05, 4.69) is 5.32 Å². The van der Waals surface area contributed by atoms with Gasteiger partial charge in [-0.15, -0.1) is 0 Å². The zero-order chi connectivity index (χ0) is 91.7. The third-order valence-electron chi connectivity index (χ3n) is 23.4. The van der Waals surface area contributed by atoms with Crippen LogP contribution in [-0.2, 0) is 104 Å². The fraction of sp³-hybridized carbons (Fsp3) is 0.985. The second-order valence-electron chi connectivity index (χ2n) is 31.6. The number of nitrogens with one attached hydrogen (secondary N) is 1. The molecule has 11 aliphatic rings. The molecule has 35 N–H and O–H groups in total. The second kappa shape index (κ2) is 44.6. The summed E-state index contributed by atoms with van der Waals surface area (Å²) in [6.07, 6.45) is -120. The highest BCUT2D eigenvalue weighted by Crippen LogP contribution is 2.42. The Morgan fingerprint density at radius 1 is 0.208 bits per heavy atom. The second-order valence-corrected chi connectivity index (χ2v) is 31.6. The highest BCUT2D eigenvalue weighted by Gasteiger charge is 2.63. The van der Waals surface area contributed by atoms with Crippen molar-refractivity contribution < 1.29 is 278 Å². The minimum atomic E-state index is -2.61. The van der Waals surface area contributed by atoms with Crippen molar-refractivity contribution in [3.8, 4) is 0 Å². The normalized spacial score (nSPS) is 52.7. The van der Waals surface area contributed by atoms with E-state index in [1.54, 1.807) is 0 Å². The summed E-state index contributed by atoms with van der Waals surface area (Å²) in [5.74, 6) is -0.891. The molecule has 57 heteroatoms. The van der Waals surface area contributed by atoms with Gasteiger partial charge < -0.3 is 278 Å². The lowest BCUT2D eigenvalue weighted by Crippen LogP contribution is -2.69. The SMILES string of the molecule is CC(=O)N[C@@H]1[C@@H](O)[C@H](O[C@@H]2O[C@H](CO[C@H]3O[C@H](CO[C@H]4O[C@H](CO)[C@@H](O)[C@H](O)[C@@H]4O)[C@@H](O)[C@H](O[C@H]4O[C@H](CO)[C@@H](O)[C@H](O)[C@@H]4O)[C@@H]3O)[C@@H](O)[C@H](O[C@H]3O[C@H](CO)[C@@H](O)[C@H](O)[C@@H]3O[C@H]3O[C@H](CO)[C@@H](O)[C@H](O)[C@@H]3O[C@H]3O[C@H](CO)[C@@H](O)[C@H](O)[C@@H]3O[C@@H]3O[C@H](CO)[C@@H](O)[C@H](O)[C@H]3O[C@@H]3O[C@H](CO)[C@@H](O)[C@@H](O)[C@H]3O[C@@H]3O[C@H](CO)[C@@H](O)[C@H](O)[C@H]3O)[C@@H]2O)[C@@H](CO)O[C@H]1O. The fourth-order valence-electron chi connectivity index (χ4n) is 16.0. The van der Waals surface area contributed by atoms with Crippen molar-refractivity contribution in [2.75, 3.05) is 72.7 Å². The lowest BCUT2D eigenvalue weighted by molar-refractivity contribution is -0.420. The van der Waals surface area contributed by atoms with Crippen molar-refractivity contribution in [2.24, 2.45) is 0 Å². The van der Waals surface area contributed by atoms with Crippen LogP contribution in [0.4, 0.5) is 0 Å². The third-order valence-corrected chi connectivity index (χ3v) is 23.4. The molecular formula is C68H115NO56. The third kappa shape index (κ3) is 21.8. The number of aliphatic hydroxyl groups excluding tert-OH is 34. The van der Waals surface area contributed by atoms with Gasteiger partial charge in [0.05, 0.1) is 72.7 Å². The first kappa shape index (κ1) is 103. The van der Waals surface area contributed by atoms with Gasteiger partial charge >= 0.3 is 0 Å². The van der Waals surface area contributed by atoms with Gasteiger partial charge in [0.15, 0.2) is 69.2 Å². The standard InChI is InChI=1S/C68H115NO56/c1-13(79)69-25-36(90)50(22(10-78)107-58(25)104)118-63-49(103)52(35(89)24(117-63)12-106-60-48(102)51(119-61-46(100)38(92)27(81)15(3-71)109-61)34(88)23(116-60)11-105-59-45(99)37(91)26(80)14(2-70)108-59)120-64-54(41(95)30(84)17(5-73)111-64)122-66-56(43(97)32(86)19(7-75)113-66)124-68-57(44(98)33(87)21(9-77)115-68)125-67-55(42(96)31(85)20(8-76)114-67)123-65-53(40(94)29(83)18(6-74)112-65)121-62-47(101)39(93)28(82)16(4-72)110-62/h14-68,70-78,80-104H,2-12H2,1H3,(H,69,79)/t14-,15-,16-,17-,18-,19-,20-,21-,22-,23-,24-,25-,26-,27-,28-,29-,30-,31-,32-,33-,34-,35-,36-,37+,38+,39+,40-,41+,42+,43+,44+,45+,46+,47-,48+,49+,50-,51+,52+,53-,54+,55-,56+,57+,58-,59+,60+,61-,62+,63+,64-,65+,66-,67+,68-/m1/s1. The summed E-state index contributed by atoms with van der Waals surface area (Å²) in [7, 11) is 0. The molecule has 0 unspecified atom stereocenters. The van der Waals surface area contributed by atoms with Crippen LogP contribution in [0.5, 0.6) is 0 Å². The quantitative estimate of drug-likeness (QED) is 0.0297. The van der Waals surface area contributed by atoms with Gasteiger partial charge in [-0.1, -0.05) is 0 Å². The van der Waals surface area contributed by atoms with E-state index < -0.39 is 416 Å². The topological polar surface area (TPSA) is 911 Å². The monoisotopic (exact) mass is 1840 g/mol. The van der Waals surface area contributed by atoms with E-state index in [1.165, 1.54) is 0 Å². The van der Waals surface area contributed by atoms with Crippen molar-refractivity contribution >= 4 is 5.91 Å². The summed E-state index contributed by atoms with van der Waals surface area (Å²) in [5.41, 5.74) is 0. The van der Waals surface area contributed by atoms with Gasteiger partial charge in [-0.05, 0) is 0 Å². The maximum Gasteiger partial charge on any atom is 0.217 e. The van der Waals surface area contributed by atoms with Crippen LogP contribution in [0.2, 0.25) is 0 Å². The predicted octanol–water partition coefficient (Wildman–Crippen LogP) is -24.8. The average molecular weight is 1840 g/mol. The molecule has 11 aliphatic heterocycles. The summed E-state index contributed by atoms with van der Waals surface area (Å²) in [6, 6.07) is -1.82. The molecule has 125 heavy (non-hydrogen) atoms. The van der Waals surface area contributed by atoms with Gasteiger partial charge in [-0.2, -0.15) is 0 Å². The van der Waals surface area contributed by atoms with Crippen molar-refractivity contribution in [1.29, 1.82) is 0 Å². The molecule has 0 spiro atoms. The molecule has 11 rings (SSSR count). The summed E-state index contributed by atoms with van der Waals surface area (Å²) in [4.78, 5) is 12.4. The first-order valence-corrected chi connectivity index (χ1v) is 39.7. The van der Waals surface area contributed by atoms with E-state index in [-0.39, 0.29) is 0 Å². The Hall–Kier alpha value is -2.73. The lowest BCUT2D eigenvalue weighted by Gasteiger charge is -2.51. The molecule has 11 saturated heterocycles. The number of aliphatic hydroxyl groups is 34. The minimum absolute atomic E-state index is 0.891. The van der Waals surface area contributed by atoms with Crippen molar-refractivity contribution in [2.45, 2.75) is 345 Å². The van der Waals surface area contributed by atoms with Gasteiger partial charge in [0.2, 0.25) is 5.91 Å². The van der Waals surface area contributed by atoms with E-state index in [0.29, 0.717) is 0 Å². The maximum atomic E-state index is 12.6. The van der Waals surface area contributed by atoms with Gasteiger partial charge in [0, 0.05) is 6.92 Å². The highest BCUT2D eigenvalue weighted by molar-refractivity contribution is 5.73. The number of rotatable bonds is 32. The predicted molar refractivity (Wildman–Crippen MR) is 374 cm³/mol. The molecule has 11 heterocycles. The zero-order valence-electron chi connectivity index (χ0n) is 65.7. The first-order chi connectivity index (χ1) is 59.3. The molecule has 0 saturated carbocycles. The minimum Gasteiger partial charge on any atom is -0.394 e. The van der Waals surface area contributed by atoms with Gasteiger partial charge in [-0.25, -0.2) is 0 Å². The van der Waals surface area contributed by atoms with Gasteiger partial charge in [0.25, 0.3) is 0 Å². The smallest absolute Gasteiger partial charge is 0.217 e. The van der Waals surface area contributed by atoms with Crippen molar-refractivity contribution in [1.82, 2.24) is 5.32 Å². The summed E-state index contributed by atoms with van der Waals surface area (Å²) in [5, 5.41) is 379. The summed E-state index contributed by atoms with van der Waals surface area (Å²) in [6.45, 7) is -11.6. The molecule has 0 bridgehead atoms. The van der Waals surface area contributed by atoms with E-state index in [4.69, 9.17) is 99.5 Å². The Morgan fingerprint density at radius 2 is 0.416 bits per heavy atom. The van der Waals surface area contributed by atoms with Crippen LogP contribution >= 0.6 is 0 Å². The average Bonchev–Trinajstić information content (AvgIpc) is 0.764. The Bertz CT molecular complexity index is 3250. The van der Waals surface area contributed by atoms with E-state index in [1.807, 2.05) is 0 Å². The molecule has 728 valence electrons. The molecule has 57 nitrogen and oxygen atoms in total. The fourth-order valence-corrected chi connectivity index (χ4v) is 16.0. The molecule has 0 aromatic heterocycles. The summed E-state index contributed by atoms with van der Waals surface area (Å²) < 4.78 is 123. The highest BCUT2D eigenvalue weighted by atomic mass is 16.8. The van der Waals surface area contributed by atoms with E-state index >= 15 is 0 Å². The molecular weight excluding hydrogens is 1730 g/mol. The summed E-state index contributed by atoms with van der Waals surface area (Å²) >= 11 is 0. The van der Waals surface area contributed by atoms with Crippen molar-refractivity contribution in [3.63, 3.8) is 0 Å². The van der Waals surface area contributed by atoms with Crippen LogP contribution in [0.15, 0.2) is 0 Å². The Morgan fingerprint density at radius 3 is 0.712 bits per heavy atom. The zero-order valence-corrected chi connectivity index (χ0v) is 65.7.